The Balaban J connectivity index is 2.13. The number of nitrogens with zero attached hydrogens (tertiary/aromatic N) is 1. The minimum absolute atomic E-state index is 0.274. The molecule has 0 spiro atoms. The van der Waals surface area contributed by atoms with E-state index < -0.39 is 0 Å². The summed E-state index contributed by atoms with van der Waals surface area (Å²) >= 11 is 10.6. The third-order valence-electron chi connectivity index (χ3n) is 2.14. The van der Waals surface area contributed by atoms with Crippen molar-refractivity contribution in [2.75, 3.05) is 5.32 Å². The minimum atomic E-state index is -0.274. The number of rotatable bonds is 3. The molecule has 0 bridgehead atoms. The average molecular weight is 347 g/mol. The zero-order valence-electron chi connectivity index (χ0n) is 9.11. The number of hydrogen-bond acceptors (Lipinski definition) is 4. The van der Waals surface area contributed by atoms with Crippen molar-refractivity contribution in [2.24, 2.45) is 5.73 Å². The molecule has 0 aliphatic rings. The molecule has 0 fully saturated rings. The molecule has 0 saturated carbocycles. The molecule has 1 aromatic heterocycles. The van der Waals surface area contributed by atoms with Crippen LogP contribution in [-0.2, 0) is 6.54 Å². The summed E-state index contributed by atoms with van der Waals surface area (Å²) in [7, 11) is 0. The van der Waals surface area contributed by atoms with E-state index in [2.05, 4.69) is 26.2 Å². The molecule has 1 amide bonds. The van der Waals surface area contributed by atoms with E-state index in [-0.39, 0.29) is 5.91 Å². The van der Waals surface area contributed by atoms with Gasteiger partial charge in [-0.15, -0.1) is 11.3 Å². The highest BCUT2D eigenvalue weighted by Crippen LogP contribution is 2.25. The van der Waals surface area contributed by atoms with E-state index in [0.717, 1.165) is 9.48 Å². The van der Waals surface area contributed by atoms with Crippen LogP contribution in [0, 0.1) is 0 Å². The predicted octanol–water partition coefficient (Wildman–Crippen LogP) is 3.27. The lowest BCUT2D eigenvalue weighted by Crippen LogP contribution is -2.12. The van der Waals surface area contributed by atoms with Crippen molar-refractivity contribution in [2.45, 2.75) is 6.54 Å². The van der Waals surface area contributed by atoms with Gasteiger partial charge in [0, 0.05) is 22.1 Å². The van der Waals surface area contributed by atoms with Crippen LogP contribution in [0.15, 0.2) is 28.1 Å². The maximum absolute atomic E-state index is 11.9. The molecule has 3 N–H and O–H groups in total. The maximum Gasteiger partial charge on any atom is 0.275 e. The Kier molecular flexibility index (Phi) is 4.34. The second-order valence-corrected chi connectivity index (χ2v) is 5.62. The van der Waals surface area contributed by atoms with Gasteiger partial charge in [0.1, 0.15) is 10.7 Å². The Morgan fingerprint density at radius 3 is 2.94 bits per heavy atom. The fraction of sp³-hybridized carbons (Fsp3) is 0.0909. The average Bonchev–Trinajstić information content (AvgIpc) is 2.82. The van der Waals surface area contributed by atoms with Gasteiger partial charge in [-0.1, -0.05) is 11.6 Å². The summed E-state index contributed by atoms with van der Waals surface area (Å²) < 4.78 is 0.779. The summed E-state index contributed by atoms with van der Waals surface area (Å²) in [6.45, 7) is 0.335. The second kappa shape index (κ2) is 5.79. The highest BCUT2D eigenvalue weighted by atomic mass is 79.9. The molecule has 0 aliphatic heterocycles. The summed E-state index contributed by atoms with van der Waals surface area (Å²) in [6, 6.07) is 5.19. The van der Waals surface area contributed by atoms with E-state index >= 15 is 0 Å². The van der Waals surface area contributed by atoms with Crippen LogP contribution < -0.4 is 11.1 Å². The lowest BCUT2D eigenvalue weighted by Gasteiger charge is -2.04. The Bertz CT molecular complexity index is 587. The van der Waals surface area contributed by atoms with Gasteiger partial charge < -0.3 is 11.1 Å². The van der Waals surface area contributed by atoms with Gasteiger partial charge in [-0.25, -0.2) is 4.98 Å². The first kappa shape index (κ1) is 13.5. The van der Waals surface area contributed by atoms with Crippen molar-refractivity contribution in [3.63, 3.8) is 0 Å². The van der Waals surface area contributed by atoms with Crippen molar-refractivity contribution in [3.05, 3.63) is 43.8 Å². The van der Waals surface area contributed by atoms with Crippen molar-refractivity contribution in [1.29, 1.82) is 0 Å². The molecular weight excluding hydrogens is 338 g/mol. The fourth-order valence-corrected chi connectivity index (χ4v) is 2.36. The summed E-state index contributed by atoms with van der Waals surface area (Å²) in [4.78, 5) is 16.0. The topological polar surface area (TPSA) is 68.0 Å². The highest BCUT2D eigenvalue weighted by molar-refractivity contribution is 9.10. The van der Waals surface area contributed by atoms with Crippen LogP contribution >= 0.6 is 38.9 Å². The van der Waals surface area contributed by atoms with Crippen LogP contribution in [0.4, 0.5) is 5.69 Å². The zero-order valence-corrected chi connectivity index (χ0v) is 12.3. The van der Waals surface area contributed by atoms with Crippen LogP contribution in [-0.4, -0.2) is 10.9 Å². The molecule has 0 radical (unpaired) electrons. The van der Waals surface area contributed by atoms with Gasteiger partial charge in [-0.3, -0.25) is 4.79 Å². The number of carbonyl (C=O) groups excluding carboxylic acids is 1. The first-order valence-electron chi connectivity index (χ1n) is 5.01. The lowest BCUT2D eigenvalue weighted by atomic mass is 10.3. The monoisotopic (exact) mass is 345 g/mol. The SMILES string of the molecule is NCc1nc(C(=O)Nc2ccc(Br)c(Cl)c2)cs1. The number of amides is 1. The molecular formula is C11H9BrClN3OS. The van der Waals surface area contributed by atoms with Gasteiger partial charge >= 0.3 is 0 Å². The van der Waals surface area contributed by atoms with E-state index in [1.807, 2.05) is 0 Å². The van der Waals surface area contributed by atoms with E-state index in [0.29, 0.717) is 22.9 Å². The summed E-state index contributed by atoms with van der Waals surface area (Å²) in [5, 5.41) is 5.67. The molecule has 1 aromatic carbocycles. The molecule has 2 aromatic rings. The number of nitrogens with two attached hydrogens (primary N) is 1. The summed E-state index contributed by atoms with van der Waals surface area (Å²) in [5.74, 6) is -0.274. The Labute approximate surface area is 121 Å². The first-order valence-corrected chi connectivity index (χ1v) is 7.06. The van der Waals surface area contributed by atoms with Crippen molar-refractivity contribution >= 4 is 50.5 Å². The van der Waals surface area contributed by atoms with Crippen LogP contribution in [0.2, 0.25) is 5.02 Å². The normalized spacial score (nSPS) is 10.4. The third-order valence-corrected chi connectivity index (χ3v) is 4.24. The van der Waals surface area contributed by atoms with Crippen LogP contribution in [0.25, 0.3) is 0 Å². The van der Waals surface area contributed by atoms with E-state index in [1.165, 1.54) is 11.3 Å². The number of thiazole rings is 1. The second-order valence-electron chi connectivity index (χ2n) is 3.41. The van der Waals surface area contributed by atoms with Crippen LogP contribution in [0.3, 0.4) is 0 Å². The highest BCUT2D eigenvalue weighted by Gasteiger charge is 2.11. The van der Waals surface area contributed by atoms with Crippen LogP contribution in [0.1, 0.15) is 15.5 Å². The number of nitrogens with one attached hydrogen (secondary N) is 1. The predicted molar refractivity (Wildman–Crippen MR) is 77.1 cm³/mol. The van der Waals surface area contributed by atoms with Gasteiger partial charge in [-0.05, 0) is 34.1 Å². The smallest absolute Gasteiger partial charge is 0.275 e. The fourth-order valence-electron chi connectivity index (χ4n) is 1.28. The number of carbonyl (C=O) groups is 1. The molecule has 7 heteroatoms. The molecule has 2 rings (SSSR count). The number of aromatic nitrogens is 1. The largest absolute Gasteiger partial charge is 0.325 e. The summed E-state index contributed by atoms with van der Waals surface area (Å²) in [6.07, 6.45) is 0. The molecule has 0 atom stereocenters. The Morgan fingerprint density at radius 2 is 2.33 bits per heavy atom. The molecule has 0 unspecified atom stereocenters. The zero-order chi connectivity index (χ0) is 13.1. The van der Waals surface area contributed by atoms with Gasteiger partial charge in [0.2, 0.25) is 0 Å². The molecule has 0 saturated heterocycles. The summed E-state index contributed by atoms with van der Waals surface area (Å²) in [5.41, 5.74) is 6.43. The van der Waals surface area contributed by atoms with Gasteiger partial charge in [0.15, 0.2) is 0 Å². The quantitative estimate of drug-likeness (QED) is 0.896. The van der Waals surface area contributed by atoms with E-state index in [4.69, 9.17) is 17.3 Å². The molecule has 1 heterocycles. The van der Waals surface area contributed by atoms with E-state index in [9.17, 15) is 4.79 Å². The van der Waals surface area contributed by atoms with Gasteiger partial charge in [0.25, 0.3) is 5.91 Å². The number of anilines is 1. The van der Waals surface area contributed by atoms with Gasteiger partial charge in [0.05, 0.1) is 5.02 Å². The van der Waals surface area contributed by atoms with Crippen molar-refractivity contribution in [3.8, 4) is 0 Å². The van der Waals surface area contributed by atoms with Gasteiger partial charge in [-0.2, -0.15) is 0 Å². The number of halogens is 2. The van der Waals surface area contributed by atoms with Crippen LogP contribution in [0.5, 0.6) is 0 Å². The van der Waals surface area contributed by atoms with Crippen molar-refractivity contribution in [1.82, 2.24) is 4.98 Å². The third kappa shape index (κ3) is 3.08. The minimum Gasteiger partial charge on any atom is -0.325 e. The first-order chi connectivity index (χ1) is 8.60. The van der Waals surface area contributed by atoms with E-state index in [1.54, 1.807) is 23.6 Å². The Hall–Kier alpha value is -0.950. The molecule has 4 nitrogen and oxygen atoms in total. The number of hydrogen-bond donors (Lipinski definition) is 2. The molecule has 18 heavy (non-hydrogen) atoms. The molecule has 94 valence electrons. The standard InChI is InChI=1S/C11H9BrClN3OS/c12-7-2-1-6(3-8(7)13)15-11(17)9-5-18-10(4-14)16-9/h1-3,5H,4,14H2,(H,15,17). The molecule has 0 aliphatic carbocycles. The number of benzene rings is 1. The lowest BCUT2D eigenvalue weighted by molar-refractivity contribution is 0.102. The van der Waals surface area contributed by atoms with Crippen molar-refractivity contribution < 1.29 is 4.79 Å². The Morgan fingerprint density at radius 1 is 1.56 bits per heavy atom. The maximum atomic E-state index is 11.9.